The van der Waals surface area contributed by atoms with E-state index in [9.17, 15) is 77.1 Å². The fraction of sp³-hybridized carbons (Fsp3) is 0.193. The number of hydroxylamine groups is 2. The Morgan fingerprint density at radius 2 is 0.917 bits per heavy atom. The molecule has 10 aromatic heterocycles. The number of halogens is 12. The Hall–Kier alpha value is -16.6. The zero-order valence-corrected chi connectivity index (χ0v) is 71.1. The van der Waals surface area contributed by atoms with E-state index in [1.807, 2.05) is 87.7 Å². The number of nitrogens with zero attached hydrogens (tertiary/aromatic N) is 21. The van der Waals surface area contributed by atoms with Crippen LogP contribution in [0.5, 0.6) is 40.6 Å². The molecule has 4 amide bonds. The first-order valence-electron chi connectivity index (χ1n) is 38.9. The van der Waals surface area contributed by atoms with E-state index in [-0.39, 0.29) is 23.3 Å². The van der Waals surface area contributed by atoms with Crippen LogP contribution in [0, 0.1) is 0 Å². The zero-order chi connectivity index (χ0) is 95.5. The van der Waals surface area contributed by atoms with Gasteiger partial charge in [0.15, 0.2) is 41.4 Å². The van der Waals surface area contributed by atoms with Gasteiger partial charge in [-0.1, -0.05) is 27.7 Å². The molecule has 0 radical (unpaired) electrons. The minimum Gasteiger partial charge on any atom is -0.439 e. The van der Waals surface area contributed by atoms with Gasteiger partial charge in [0.05, 0.1) is 46.0 Å². The Bertz CT molecular complexity index is 6790. The van der Waals surface area contributed by atoms with Crippen molar-refractivity contribution in [3.63, 3.8) is 0 Å². The number of H-pyrrole nitrogens is 2. The highest BCUT2D eigenvalue weighted by molar-refractivity contribution is 6.05. The normalized spacial score (nSPS) is 12.8. The van der Waals surface area contributed by atoms with Crippen LogP contribution < -0.4 is 45.5 Å². The van der Waals surface area contributed by atoms with Gasteiger partial charge in [0.1, 0.15) is 98.6 Å². The summed E-state index contributed by atoms with van der Waals surface area (Å²) in [5.74, 6) is 2.14. The first-order chi connectivity index (χ1) is 62.8. The van der Waals surface area contributed by atoms with Gasteiger partial charge in [-0.25, -0.2) is 63.2 Å². The second kappa shape index (κ2) is 41.9. The van der Waals surface area contributed by atoms with E-state index in [4.69, 9.17) is 18.9 Å². The number of fused-ring (bicyclic) bond motifs is 4. The van der Waals surface area contributed by atoms with Gasteiger partial charge in [-0.3, -0.25) is 59.4 Å². The molecule has 686 valence electrons. The van der Waals surface area contributed by atoms with Gasteiger partial charge in [-0.2, -0.15) is 73.0 Å². The summed E-state index contributed by atoms with van der Waals surface area (Å²) in [7, 11) is 11.9. The fourth-order valence-corrected chi connectivity index (χ4v) is 11.8. The number of rotatable bonds is 16. The molecule has 0 atom stereocenters. The summed E-state index contributed by atoms with van der Waals surface area (Å²) in [4.78, 5) is 82.4. The molecule has 0 spiro atoms. The van der Waals surface area contributed by atoms with Gasteiger partial charge >= 0.3 is 48.8 Å². The summed E-state index contributed by atoms with van der Waals surface area (Å²) in [6.07, 6.45) is 0.332. The van der Waals surface area contributed by atoms with E-state index in [0.717, 1.165) is 36.0 Å². The minimum atomic E-state index is -4.67. The average molecular weight is 1840 g/mol. The number of hydrogen-bond donors (Lipinski definition) is 8. The maximum Gasteiger partial charge on any atom is 0.435 e. The number of alkyl halides is 12. The summed E-state index contributed by atoms with van der Waals surface area (Å²) in [6.45, 7) is 8.57. The SMILES string of the molecule is CC.CC.CN(O)C=C1C=C(Oc2ccc3c(ccn3C(=O)N=C3C=C(C(F)(F)F)N=N3)c2)N=CN1.CNCc1cc(Oc2ccc3c(ccn3C(=O)Nc3cc(C(F)(F)F)[nH]n3)c2)ncn1.C[N+](C)=Cc1cc(Oc2ccc3c(ccn3C(=O)Nc3cc(C(F)(F)F)[nH]n3)c2)ncn1.Cn1nc(NC(=O)n2ccc3cc(Oc4cc(C=[N+](C)C)ncn4)ccc32)cc1C(F)(F)F. The predicted octanol–water partition coefficient (Wildman–Crippen LogP) is 17.2. The van der Waals surface area contributed by atoms with Crippen LogP contribution in [0.15, 0.2) is 233 Å². The molecule has 2 aliphatic heterocycles. The van der Waals surface area contributed by atoms with Crippen LogP contribution in [-0.2, 0) is 32.1 Å². The lowest BCUT2D eigenvalue weighted by Crippen LogP contribution is -2.18. The summed E-state index contributed by atoms with van der Waals surface area (Å²) in [5.41, 5.74) is 0.450. The van der Waals surface area contributed by atoms with E-state index in [2.05, 4.69) is 92.0 Å². The van der Waals surface area contributed by atoms with Crippen molar-refractivity contribution >= 4 is 110 Å². The summed E-state index contributed by atoms with van der Waals surface area (Å²) in [6, 6.07) is 31.1. The number of benzene rings is 4. The van der Waals surface area contributed by atoms with Crippen LogP contribution in [0.2, 0.25) is 0 Å². The van der Waals surface area contributed by atoms with Gasteiger partial charge < -0.3 is 29.6 Å². The number of aromatic amines is 2. The topological polar surface area (TPSA) is 417 Å². The van der Waals surface area contributed by atoms with Crippen molar-refractivity contribution in [3.05, 3.63) is 247 Å². The molecule has 2 aliphatic rings. The molecule has 0 aliphatic carbocycles. The molecule has 49 heteroatoms. The predicted molar refractivity (Wildman–Crippen MR) is 458 cm³/mol. The van der Waals surface area contributed by atoms with Gasteiger partial charge in [-0.05, 0) is 104 Å². The van der Waals surface area contributed by atoms with Crippen LogP contribution in [0.1, 0.15) is 61.9 Å². The number of anilines is 3. The van der Waals surface area contributed by atoms with E-state index >= 15 is 0 Å². The van der Waals surface area contributed by atoms with E-state index in [1.165, 1.54) is 81.6 Å². The summed E-state index contributed by atoms with van der Waals surface area (Å²) in [5, 5.41) is 46.3. The maximum atomic E-state index is 13.0. The van der Waals surface area contributed by atoms with E-state index < -0.39 is 77.4 Å². The first kappa shape index (κ1) is 96.0. The molecule has 16 rings (SSSR count). The number of allylic oxidation sites excluding steroid dienone is 2. The van der Waals surface area contributed by atoms with Crippen LogP contribution >= 0.6 is 0 Å². The number of amides is 4. The molecular formula is C83H78F12N28O9+2. The van der Waals surface area contributed by atoms with Crippen molar-refractivity contribution in [3.8, 4) is 40.6 Å². The van der Waals surface area contributed by atoms with Crippen LogP contribution in [0.3, 0.4) is 0 Å². The van der Waals surface area contributed by atoms with E-state index in [0.29, 0.717) is 119 Å². The van der Waals surface area contributed by atoms with E-state index in [1.54, 1.807) is 128 Å². The molecule has 8 N–H and O–H groups in total. The molecule has 14 aromatic rings. The standard InChI is InChI=1S/C21H18F3N7O2.C20H16F3N7O2.C19H14F3N7O3.C19H16F3N7O2.2C2H6/c1-29(2)11-14-9-19(26-12-25-14)33-15-4-5-16-13(8-15)6-7-31(16)20(32)27-18-10-17(21(22,23)24)30(3)28-18;1-29(2)10-13-8-18(25-11-24-13)32-14-3-4-15-12(7-14)5-6-30(15)19(31)26-17-9-16(27-28-17)20(21,22)23;1-28(31)9-12-7-17(24-10-23-12)32-13-2-3-14-11(6-13)4-5-29(14)18(30)25-16-8-15(26-27-16)19(20,21)22;1-23-9-12-7-17(25-10-24-12)31-13-2-3-14-11(6-13)4-5-29(14)18(30)26-16-8-15(27-28-16)19(20,21)22;2*1-2/h4-12H,1-3H3;3-11H,1-2H3,(H,24,25);2-10,31H,1H3,(H,23,24);2-8,10,23H,9H2,1H3,(H2,26,27,28,30);2*1-2H3/p+2. The summed E-state index contributed by atoms with van der Waals surface area (Å²) < 4.78 is 185. The molecule has 0 saturated heterocycles. The highest BCUT2D eigenvalue weighted by Crippen LogP contribution is 2.36. The highest BCUT2D eigenvalue weighted by atomic mass is 19.4. The van der Waals surface area contributed by atoms with Gasteiger partial charge in [0.2, 0.25) is 23.5 Å². The molecule has 4 aromatic carbocycles. The van der Waals surface area contributed by atoms with Gasteiger partial charge in [0, 0.05) is 116 Å². The molecule has 0 bridgehead atoms. The number of carbonyl (C=O) groups excluding carboxylic acids is 4. The molecule has 132 heavy (non-hydrogen) atoms. The maximum absolute atomic E-state index is 13.0. The number of hydrogen-bond acceptors (Lipinski definition) is 23. The number of nitrogens with one attached hydrogen (secondary N) is 7. The van der Waals surface area contributed by atoms with Crippen LogP contribution in [0.4, 0.5) is 89.3 Å². The number of amidine groups is 1. The van der Waals surface area contributed by atoms with Gasteiger partial charge in [0.25, 0.3) is 0 Å². The number of aliphatic imine (C=N–C) groups is 2. The van der Waals surface area contributed by atoms with Crippen molar-refractivity contribution in [2.24, 2.45) is 27.3 Å². The first-order valence-corrected chi connectivity index (χ1v) is 38.9. The molecule has 0 fully saturated rings. The van der Waals surface area contributed by atoms with Crippen molar-refractivity contribution in [2.45, 2.75) is 58.9 Å². The molecule has 0 saturated carbocycles. The number of aryl methyl sites for hydroxylation is 1. The van der Waals surface area contributed by atoms with Crippen molar-refractivity contribution in [1.29, 1.82) is 0 Å². The smallest absolute Gasteiger partial charge is 0.435 e. The second-order valence-corrected chi connectivity index (χ2v) is 27.3. The van der Waals surface area contributed by atoms with Crippen molar-refractivity contribution < 1.29 is 105 Å². The second-order valence-electron chi connectivity index (χ2n) is 27.3. The molecule has 12 heterocycles. The van der Waals surface area contributed by atoms with Gasteiger partial charge in [-0.15, -0.1) is 10.2 Å². The van der Waals surface area contributed by atoms with Crippen molar-refractivity contribution in [2.75, 3.05) is 58.2 Å². The number of ether oxygens (including phenoxy) is 4. The third-order valence-electron chi connectivity index (χ3n) is 17.3. The minimum absolute atomic E-state index is 0.203. The molecule has 37 nitrogen and oxygen atoms in total. The lowest BCUT2D eigenvalue weighted by Gasteiger charge is -2.13. The third kappa shape index (κ3) is 25.4. The zero-order valence-electron chi connectivity index (χ0n) is 71.1. The molecule has 0 unspecified atom stereocenters. The Morgan fingerprint density at radius 3 is 1.31 bits per heavy atom. The highest BCUT2D eigenvalue weighted by Gasteiger charge is 2.39. The van der Waals surface area contributed by atoms with Crippen LogP contribution in [0.25, 0.3) is 43.6 Å². The fourth-order valence-electron chi connectivity index (χ4n) is 11.8. The Labute approximate surface area is 738 Å². The number of azo groups is 1. The average Bonchev–Trinajstić information content (AvgIpc) is 1.66. The summed E-state index contributed by atoms with van der Waals surface area (Å²) >= 11 is 0. The number of aromatic nitrogens is 16. The number of carbonyl (C=O) groups is 4. The van der Waals surface area contributed by atoms with Crippen molar-refractivity contribution in [1.82, 2.24) is 94.0 Å². The lowest BCUT2D eigenvalue weighted by molar-refractivity contribution is -0.459. The largest absolute Gasteiger partial charge is 0.439 e. The molecular weight excluding hydrogens is 1760 g/mol. The Balaban J connectivity index is 0.000000168. The Morgan fingerprint density at radius 1 is 0.500 bits per heavy atom. The quantitative estimate of drug-likeness (QED) is 0.0193. The lowest BCUT2D eigenvalue weighted by atomic mass is 10.2. The Kier molecular flexibility index (Phi) is 30.5. The monoisotopic (exact) mass is 1840 g/mol. The third-order valence-corrected chi connectivity index (χ3v) is 17.3. The van der Waals surface area contributed by atoms with Crippen LogP contribution in [-0.4, -0.2) is 195 Å².